The number of aliphatic imine (C=N–C) groups is 1. The Morgan fingerprint density at radius 3 is 2.72 bits per heavy atom. The normalized spacial score (nSPS) is 17.0. The summed E-state index contributed by atoms with van der Waals surface area (Å²) in [5.41, 5.74) is 3.67. The molecule has 1 aliphatic heterocycles. The van der Waals surface area contributed by atoms with Gasteiger partial charge in [-0.2, -0.15) is 0 Å². The number of benzene rings is 1. The van der Waals surface area contributed by atoms with Gasteiger partial charge in [0.15, 0.2) is 0 Å². The Balaban J connectivity index is 1.81. The van der Waals surface area contributed by atoms with Crippen LogP contribution in [-0.2, 0) is 0 Å². The molecule has 4 nitrogen and oxygen atoms in total. The van der Waals surface area contributed by atoms with Crippen LogP contribution in [0.1, 0.15) is 41.1 Å². The second-order valence-corrected chi connectivity index (χ2v) is 8.48. The van der Waals surface area contributed by atoms with Crippen molar-refractivity contribution in [3.05, 3.63) is 87.7 Å². The van der Waals surface area contributed by atoms with Gasteiger partial charge in [0.1, 0.15) is 11.9 Å². The van der Waals surface area contributed by atoms with Gasteiger partial charge < -0.3 is 10.4 Å². The minimum absolute atomic E-state index is 0.139. The second kappa shape index (κ2) is 8.49. The molecule has 148 valence electrons. The first-order chi connectivity index (χ1) is 14.0. The van der Waals surface area contributed by atoms with Crippen molar-refractivity contribution < 1.29 is 5.11 Å². The van der Waals surface area contributed by atoms with Gasteiger partial charge in [-0.25, -0.2) is 0 Å². The molecule has 3 aromatic rings. The number of aromatic nitrogens is 1. The van der Waals surface area contributed by atoms with E-state index in [-0.39, 0.29) is 6.04 Å². The lowest BCUT2D eigenvalue weighted by molar-refractivity contribution is 0.220. The van der Waals surface area contributed by atoms with Crippen molar-refractivity contribution in [1.82, 2.24) is 10.3 Å². The van der Waals surface area contributed by atoms with Crippen LogP contribution >= 0.6 is 22.9 Å². The summed E-state index contributed by atoms with van der Waals surface area (Å²) in [6, 6.07) is 13.5. The van der Waals surface area contributed by atoms with Crippen molar-refractivity contribution in [2.75, 3.05) is 0 Å². The summed E-state index contributed by atoms with van der Waals surface area (Å²) in [7, 11) is 0. The van der Waals surface area contributed by atoms with Gasteiger partial charge in [0.2, 0.25) is 0 Å². The highest BCUT2D eigenvalue weighted by Gasteiger charge is 2.23. The SMILES string of the molecule is CCC1C=CNC(c2sc(-c3ccnc(C)c3)cc2C(O)c2ccc(Cl)cc2)=N1. The smallest absolute Gasteiger partial charge is 0.143 e. The van der Waals surface area contributed by atoms with Crippen LogP contribution in [0.4, 0.5) is 0 Å². The number of halogens is 1. The molecule has 0 saturated carbocycles. The fourth-order valence-electron chi connectivity index (χ4n) is 3.29. The largest absolute Gasteiger partial charge is 0.384 e. The Morgan fingerprint density at radius 1 is 1.21 bits per heavy atom. The monoisotopic (exact) mass is 423 g/mol. The highest BCUT2D eigenvalue weighted by atomic mass is 35.5. The Bertz CT molecular complexity index is 1070. The van der Waals surface area contributed by atoms with E-state index in [1.807, 2.05) is 37.5 Å². The van der Waals surface area contributed by atoms with Gasteiger partial charge >= 0.3 is 0 Å². The van der Waals surface area contributed by atoms with Gasteiger partial charge in [-0.1, -0.05) is 30.7 Å². The number of aliphatic hydroxyl groups is 1. The Kier molecular flexibility index (Phi) is 5.81. The summed E-state index contributed by atoms with van der Waals surface area (Å²) in [6.07, 6.45) is 5.96. The maximum atomic E-state index is 11.2. The van der Waals surface area contributed by atoms with Gasteiger partial charge in [-0.05, 0) is 60.9 Å². The third-order valence-corrected chi connectivity index (χ3v) is 6.35. The van der Waals surface area contributed by atoms with Crippen LogP contribution in [0.3, 0.4) is 0 Å². The number of nitrogens with zero attached hydrogens (tertiary/aromatic N) is 2. The Labute approximate surface area is 179 Å². The molecule has 0 aliphatic carbocycles. The van der Waals surface area contributed by atoms with E-state index in [9.17, 15) is 5.11 Å². The zero-order chi connectivity index (χ0) is 20.4. The van der Waals surface area contributed by atoms with Crippen molar-refractivity contribution >= 4 is 28.8 Å². The molecule has 2 atom stereocenters. The second-order valence-electron chi connectivity index (χ2n) is 6.99. The molecule has 0 saturated heterocycles. The van der Waals surface area contributed by atoms with Gasteiger partial charge in [-0.15, -0.1) is 11.3 Å². The van der Waals surface area contributed by atoms with Crippen LogP contribution in [0.25, 0.3) is 10.4 Å². The number of aliphatic hydroxyl groups excluding tert-OH is 1. The van der Waals surface area contributed by atoms with Crippen LogP contribution in [0.2, 0.25) is 5.02 Å². The van der Waals surface area contributed by atoms with E-state index < -0.39 is 6.10 Å². The van der Waals surface area contributed by atoms with E-state index in [1.165, 1.54) is 0 Å². The van der Waals surface area contributed by atoms with Crippen molar-refractivity contribution in [2.24, 2.45) is 4.99 Å². The lowest BCUT2D eigenvalue weighted by Gasteiger charge is -2.18. The van der Waals surface area contributed by atoms with Gasteiger partial charge in [0.05, 0.1) is 10.9 Å². The third kappa shape index (κ3) is 4.27. The molecule has 0 radical (unpaired) electrons. The first-order valence-electron chi connectivity index (χ1n) is 9.57. The zero-order valence-electron chi connectivity index (χ0n) is 16.3. The topological polar surface area (TPSA) is 57.5 Å². The predicted octanol–water partition coefficient (Wildman–Crippen LogP) is 5.50. The highest BCUT2D eigenvalue weighted by Crippen LogP contribution is 2.37. The summed E-state index contributed by atoms with van der Waals surface area (Å²) in [5, 5.41) is 15.1. The number of aryl methyl sites for hydroxylation is 1. The molecule has 1 aliphatic rings. The lowest BCUT2D eigenvalue weighted by atomic mass is 10.0. The van der Waals surface area contributed by atoms with Crippen molar-refractivity contribution in [3.63, 3.8) is 0 Å². The van der Waals surface area contributed by atoms with Gasteiger partial charge in [0.25, 0.3) is 0 Å². The quantitative estimate of drug-likeness (QED) is 0.570. The van der Waals surface area contributed by atoms with E-state index in [1.54, 1.807) is 23.5 Å². The van der Waals surface area contributed by atoms with E-state index in [2.05, 4.69) is 35.4 Å². The summed E-state index contributed by atoms with van der Waals surface area (Å²) in [5.74, 6) is 0.796. The molecule has 3 heterocycles. The summed E-state index contributed by atoms with van der Waals surface area (Å²) < 4.78 is 0. The zero-order valence-corrected chi connectivity index (χ0v) is 17.8. The van der Waals surface area contributed by atoms with Crippen LogP contribution in [0.5, 0.6) is 0 Å². The predicted molar refractivity (Wildman–Crippen MR) is 121 cm³/mol. The number of thiophene rings is 1. The number of nitrogens with one attached hydrogen (secondary N) is 1. The van der Waals surface area contributed by atoms with E-state index in [4.69, 9.17) is 16.6 Å². The molecule has 29 heavy (non-hydrogen) atoms. The first-order valence-corrected chi connectivity index (χ1v) is 10.8. The number of hydrogen-bond donors (Lipinski definition) is 2. The molecule has 0 amide bonds. The standard InChI is InChI=1S/C23H22ClN3OS/c1-3-18-9-11-26-23(27-18)22-19(21(28)15-4-6-17(24)7-5-15)13-20(29-22)16-8-10-25-14(2)12-16/h4-13,18,21,28H,3H2,1-2H3,(H,26,27). The lowest BCUT2D eigenvalue weighted by Crippen LogP contribution is -2.25. The summed E-state index contributed by atoms with van der Waals surface area (Å²) in [4.78, 5) is 11.1. The molecule has 6 heteroatoms. The van der Waals surface area contributed by atoms with Crippen LogP contribution < -0.4 is 5.32 Å². The maximum absolute atomic E-state index is 11.2. The molecule has 0 spiro atoms. The number of amidine groups is 1. The molecular weight excluding hydrogens is 402 g/mol. The number of hydrogen-bond acceptors (Lipinski definition) is 5. The average molecular weight is 424 g/mol. The summed E-state index contributed by atoms with van der Waals surface area (Å²) in [6.45, 7) is 4.09. The van der Waals surface area contributed by atoms with E-state index >= 15 is 0 Å². The molecule has 4 rings (SSSR count). The number of rotatable bonds is 5. The van der Waals surface area contributed by atoms with Crippen LogP contribution in [0, 0.1) is 6.92 Å². The molecular formula is C23H22ClN3OS. The van der Waals surface area contributed by atoms with Crippen molar-refractivity contribution in [2.45, 2.75) is 32.4 Å². The molecule has 2 aromatic heterocycles. The average Bonchev–Trinajstić information content (AvgIpc) is 3.19. The minimum atomic E-state index is -0.773. The van der Waals surface area contributed by atoms with E-state index in [0.717, 1.165) is 44.4 Å². The highest BCUT2D eigenvalue weighted by molar-refractivity contribution is 7.17. The van der Waals surface area contributed by atoms with Crippen molar-refractivity contribution in [3.8, 4) is 10.4 Å². The molecule has 0 bridgehead atoms. The fraction of sp³-hybridized carbons (Fsp3) is 0.217. The fourth-order valence-corrected chi connectivity index (χ4v) is 4.57. The van der Waals surface area contributed by atoms with Crippen LogP contribution in [-0.4, -0.2) is 22.0 Å². The third-order valence-electron chi connectivity index (χ3n) is 4.89. The Hall–Kier alpha value is -2.47. The minimum Gasteiger partial charge on any atom is -0.384 e. The molecule has 2 N–H and O–H groups in total. The van der Waals surface area contributed by atoms with Gasteiger partial charge in [-0.3, -0.25) is 9.98 Å². The first kappa shape index (κ1) is 19.8. The van der Waals surface area contributed by atoms with Gasteiger partial charge in [0, 0.05) is 33.6 Å². The Morgan fingerprint density at radius 2 is 2.00 bits per heavy atom. The molecule has 0 fully saturated rings. The number of pyridine rings is 1. The molecule has 2 unspecified atom stereocenters. The van der Waals surface area contributed by atoms with E-state index in [0.29, 0.717) is 5.02 Å². The van der Waals surface area contributed by atoms with Crippen LogP contribution in [0.15, 0.2) is 65.9 Å². The van der Waals surface area contributed by atoms with Crippen molar-refractivity contribution in [1.29, 1.82) is 0 Å². The maximum Gasteiger partial charge on any atom is 0.143 e. The molecule has 1 aromatic carbocycles. The summed E-state index contributed by atoms with van der Waals surface area (Å²) >= 11 is 7.65.